The number of allylic oxidation sites excluding steroid dienone is 1. The number of aliphatic imine (C=N–C) groups is 1. The molecule has 1 aromatic heterocycles. The van der Waals surface area contributed by atoms with Gasteiger partial charge in [-0.25, -0.2) is 14.8 Å². The number of nitrogens with zero attached hydrogens (tertiary/aromatic N) is 3. The molecule has 118 valence electrons. The van der Waals surface area contributed by atoms with Crippen molar-refractivity contribution in [3.63, 3.8) is 0 Å². The van der Waals surface area contributed by atoms with Gasteiger partial charge in [0.2, 0.25) is 0 Å². The van der Waals surface area contributed by atoms with Crippen LogP contribution in [0.4, 0.5) is 5.82 Å². The minimum atomic E-state index is -1.10. The van der Waals surface area contributed by atoms with E-state index in [1.54, 1.807) is 18.6 Å². The van der Waals surface area contributed by atoms with Crippen LogP contribution in [-0.2, 0) is 4.79 Å². The van der Waals surface area contributed by atoms with E-state index < -0.39 is 5.97 Å². The fraction of sp³-hybridized carbons (Fsp3) is 0.500. The van der Waals surface area contributed by atoms with Gasteiger partial charge in [-0.3, -0.25) is 4.98 Å². The van der Waals surface area contributed by atoms with Crippen molar-refractivity contribution in [3.8, 4) is 0 Å². The molecule has 1 aliphatic rings. The summed E-state index contributed by atoms with van der Waals surface area (Å²) in [5, 5.41) is 9.29. The van der Waals surface area contributed by atoms with Crippen LogP contribution in [-0.4, -0.2) is 26.8 Å². The molecule has 0 aromatic carbocycles. The van der Waals surface area contributed by atoms with Gasteiger partial charge >= 0.3 is 5.97 Å². The lowest BCUT2D eigenvalue weighted by Gasteiger charge is -2.33. The number of aromatic nitrogens is 2. The Balaban J connectivity index is 2.59. The summed E-state index contributed by atoms with van der Waals surface area (Å²) in [5.41, 5.74) is 7.13. The molecule has 22 heavy (non-hydrogen) atoms. The number of carboxylic acid groups (broad SMARTS) is 1. The number of aliphatic carboxylic acids is 1. The first-order chi connectivity index (χ1) is 10.4. The first kappa shape index (κ1) is 16.1. The Hall–Kier alpha value is -2.24. The smallest absolute Gasteiger partial charge is 0.352 e. The van der Waals surface area contributed by atoms with Crippen molar-refractivity contribution in [1.82, 2.24) is 9.97 Å². The van der Waals surface area contributed by atoms with Crippen LogP contribution in [0.3, 0.4) is 0 Å². The average molecular weight is 302 g/mol. The molecule has 1 unspecified atom stereocenters. The predicted octanol–water partition coefficient (Wildman–Crippen LogP) is 2.55. The monoisotopic (exact) mass is 302 g/mol. The summed E-state index contributed by atoms with van der Waals surface area (Å²) in [4.78, 5) is 24.1. The van der Waals surface area contributed by atoms with Crippen molar-refractivity contribution >= 4 is 17.5 Å². The predicted molar refractivity (Wildman–Crippen MR) is 84.7 cm³/mol. The van der Waals surface area contributed by atoms with Crippen molar-refractivity contribution in [2.75, 3.05) is 0 Å². The number of carbonyl (C=O) groups is 1. The van der Waals surface area contributed by atoms with E-state index in [1.807, 2.05) is 6.92 Å². The normalized spacial score (nSPS) is 26.3. The summed E-state index contributed by atoms with van der Waals surface area (Å²) < 4.78 is 0. The SMILES string of the molecule is CC(C)C1CC[C@@H](C)C(=C(N)C(=O)O)C1=Nc1cnccn1. The third kappa shape index (κ3) is 3.32. The fourth-order valence-corrected chi connectivity index (χ4v) is 2.95. The molecular weight excluding hydrogens is 280 g/mol. The molecule has 0 spiro atoms. The molecule has 1 saturated carbocycles. The molecule has 1 fully saturated rings. The molecule has 0 amide bonds. The molecule has 6 nitrogen and oxygen atoms in total. The maximum Gasteiger partial charge on any atom is 0.352 e. The molecule has 6 heteroatoms. The highest BCUT2D eigenvalue weighted by Crippen LogP contribution is 2.37. The largest absolute Gasteiger partial charge is 0.477 e. The molecule has 3 N–H and O–H groups in total. The summed E-state index contributed by atoms with van der Waals surface area (Å²) in [7, 11) is 0. The lowest BCUT2D eigenvalue weighted by atomic mass is 9.72. The van der Waals surface area contributed by atoms with Crippen LogP contribution in [0.15, 0.2) is 34.9 Å². The summed E-state index contributed by atoms with van der Waals surface area (Å²) in [6.07, 6.45) is 6.59. The van der Waals surface area contributed by atoms with Gasteiger partial charge < -0.3 is 10.8 Å². The van der Waals surface area contributed by atoms with Crippen LogP contribution >= 0.6 is 0 Å². The first-order valence-corrected chi connectivity index (χ1v) is 7.49. The van der Waals surface area contributed by atoms with E-state index in [9.17, 15) is 9.90 Å². The Labute approximate surface area is 130 Å². The van der Waals surface area contributed by atoms with Gasteiger partial charge in [0.25, 0.3) is 0 Å². The number of nitrogens with two attached hydrogens (primary N) is 1. The van der Waals surface area contributed by atoms with Crippen molar-refractivity contribution in [2.24, 2.45) is 28.5 Å². The molecule has 1 aromatic rings. The molecule has 0 aliphatic heterocycles. The van der Waals surface area contributed by atoms with E-state index >= 15 is 0 Å². The van der Waals surface area contributed by atoms with E-state index in [-0.39, 0.29) is 17.5 Å². The van der Waals surface area contributed by atoms with Gasteiger partial charge in [-0.05, 0) is 24.7 Å². The standard InChI is InChI=1S/C16H22N4O2/c1-9(2)11-5-4-10(3)13(14(17)16(21)22)15(11)20-12-8-18-6-7-19-12/h6-11H,4-5,17H2,1-3H3,(H,21,22)/t10-,11?/m1/s1. The zero-order chi connectivity index (χ0) is 16.3. The van der Waals surface area contributed by atoms with Crippen molar-refractivity contribution in [2.45, 2.75) is 33.6 Å². The highest BCUT2D eigenvalue weighted by atomic mass is 16.4. The van der Waals surface area contributed by atoms with Crippen LogP contribution in [0.2, 0.25) is 0 Å². The third-order valence-corrected chi connectivity index (χ3v) is 4.14. The summed E-state index contributed by atoms with van der Waals surface area (Å²) in [6.45, 7) is 6.22. The highest BCUT2D eigenvalue weighted by Gasteiger charge is 2.34. The maximum atomic E-state index is 11.4. The van der Waals surface area contributed by atoms with Crippen molar-refractivity contribution in [3.05, 3.63) is 29.9 Å². The van der Waals surface area contributed by atoms with Crippen LogP contribution in [0.25, 0.3) is 0 Å². The van der Waals surface area contributed by atoms with Crippen LogP contribution in [0.1, 0.15) is 33.6 Å². The summed E-state index contributed by atoms with van der Waals surface area (Å²) in [6, 6.07) is 0. The van der Waals surface area contributed by atoms with E-state index in [2.05, 4.69) is 28.8 Å². The lowest BCUT2D eigenvalue weighted by Crippen LogP contribution is -2.34. The van der Waals surface area contributed by atoms with E-state index in [1.165, 1.54) is 0 Å². The molecule has 1 aliphatic carbocycles. The quantitative estimate of drug-likeness (QED) is 0.835. The fourth-order valence-electron chi connectivity index (χ4n) is 2.95. The van der Waals surface area contributed by atoms with E-state index in [0.717, 1.165) is 18.6 Å². The van der Waals surface area contributed by atoms with Gasteiger partial charge in [0.05, 0.1) is 11.9 Å². The summed E-state index contributed by atoms with van der Waals surface area (Å²) >= 11 is 0. The average Bonchev–Trinajstić information content (AvgIpc) is 2.47. The van der Waals surface area contributed by atoms with Crippen molar-refractivity contribution in [1.29, 1.82) is 0 Å². The number of hydrogen-bond acceptors (Lipinski definition) is 5. The van der Waals surface area contributed by atoms with Gasteiger partial charge in [-0.1, -0.05) is 20.8 Å². The first-order valence-electron chi connectivity index (χ1n) is 7.49. The second-order valence-electron chi connectivity index (χ2n) is 6.02. The molecule has 2 atom stereocenters. The Bertz CT molecular complexity index is 608. The number of carboxylic acids is 1. The highest BCUT2D eigenvalue weighted by molar-refractivity contribution is 6.09. The Kier molecular flexibility index (Phi) is 4.90. The third-order valence-electron chi connectivity index (χ3n) is 4.14. The van der Waals surface area contributed by atoms with Crippen LogP contribution in [0, 0.1) is 17.8 Å². The van der Waals surface area contributed by atoms with Crippen LogP contribution in [0.5, 0.6) is 0 Å². The van der Waals surface area contributed by atoms with Gasteiger partial charge in [0.1, 0.15) is 5.70 Å². The number of rotatable bonds is 3. The minimum Gasteiger partial charge on any atom is -0.477 e. The lowest BCUT2D eigenvalue weighted by molar-refractivity contribution is -0.132. The maximum absolute atomic E-state index is 11.4. The molecule has 1 heterocycles. The summed E-state index contributed by atoms with van der Waals surface area (Å²) in [5.74, 6) is -0.0295. The molecule has 2 rings (SSSR count). The number of hydrogen-bond donors (Lipinski definition) is 2. The van der Waals surface area contributed by atoms with Gasteiger partial charge in [0.15, 0.2) is 5.82 Å². The zero-order valence-corrected chi connectivity index (χ0v) is 13.2. The Morgan fingerprint density at radius 2 is 2.14 bits per heavy atom. The van der Waals surface area contributed by atoms with Gasteiger partial charge in [0, 0.05) is 23.9 Å². The van der Waals surface area contributed by atoms with E-state index in [0.29, 0.717) is 17.3 Å². The van der Waals surface area contributed by atoms with E-state index in [4.69, 9.17) is 5.73 Å². The van der Waals surface area contributed by atoms with Gasteiger partial charge in [-0.2, -0.15) is 0 Å². The minimum absolute atomic E-state index is 0.0709. The second kappa shape index (κ2) is 6.68. The molecule has 0 bridgehead atoms. The molecule has 0 radical (unpaired) electrons. The molecular formula is C16H22N4O2. The Morgan fingerprint density at radius 1 is 1.41 bits per heavy atom. The van der Waals surface area contributed by atoms with Crippen LogP contribution < -0.4 is 5.73 Å². The Morgan fingerprint density at radius 3 is 2.68 bits per heavy atom. The zero-order valence-electron chi connectivity index (χ0n) is 13.2. The van der Waals surface area contributed by atoms with Gasteiger partial charge in [-0.15, -0.1) is 0 Å². The van der Waals surface area contributed by atoms with Crippen molar-refractivity contribution < 1.29 is 9.90 Å². The topological polar surface area (TPSA) is 101 Å². The second-order valence-corrected chi connectivity index (χ2v) is 6.02. The molecule has 0 saturated heterocycles.